The van der Waals surface area contributed by atoms with E-state index in [4.69, 9.17) is 5.73 Å². The van der Waals surface area contributed by atoms with Gasteiger partial charge in [-0.05, 0) is 25.5 Å². The first-order valence-corrected chi connectivity index (χ1v) is 7.37. The van der Waals surface area contributed by atoms with E-state index in [0.717, 1.165) is 4.90 Å². The molecule has 0 saturated carbocycles. The third-order valence-corrected chi connectivity index (χ3v) is 4.49. The zero-order valence-electron chi connectivity index (χ0n) is 11.2. The second kappa shape index (κ2) is 6.28. The van der Waals surface area contributed by atoms with Gasteiger partial charge < -0.3 is 15.7 Å². The van der Waals surface area contributed by atoms with Gasteiger partial charge in [0.2, 0.25) is 5.91 Å². The summed E-state index contributed by atoms with van der Waals surface area (Å²) in [5.41, 5.74) is 5.59. The van der Waals surface area contributed by atoms with Gasteiger partial charge in [-0.3, -0.25) is 4.79 Å². The summed E-state index contributed by atoms with van der Waals surface area (Å²) in [5.74, 6) is -1.26. The molecule has 1 aliphatic rings. The Bertz CT molecular complexity index is 492. The number of amides is 1. The first kappa shape index (κ1) is 14.9. The van der Waals surface area contributed by atoms with Gasteiger partial charge in [0.15, 0.2) is 0 Å². The molecule has 1 fully saturated rings. The maximum atomic E-state index is 12.0. The molecule has 1 aromatic rings. The Hall–Kier alpha value is -1.53. The summed E-state index contributed by atoms with van der Waals surface area (Å²) in [6.07, 6.45) is 0.452. The normalized spacial score (nSPS) is 23.6. The maximum Gasteiger partial charge on any atom is 0.326 e. The second-order valence-corrected chi connectivity index (χ2v) is 6.30. The molecule has 0 spiro atoms. The summed E-state index contributed by atoms with van der Waals surface area (Å²) in [7, 11) is 0. The average molecular weight is 294 g/mol. The van der Waals surface area contributed by atoms with Crippen LogP contribution in [0.2, 0.25) is 0 Å². The highest BCUT2D eigenvalue weighted by molar-refractivity contribution is 8.00. The molecule has 0 bridgehead atoms. The first-order chi connectivity index (χ1) is 9.49. The van der Waals surface area contributed by atoms with Crippen molar-refractivity contribution in [1.29, 1.82) is 0 Å². The SMILES string of the molecule is C[C@H](N)C(=O)N1CC(Sc2ccccc2)C[C@H]1C(=O)O. The van der Waals surface area contributed by atoms with E-state index in [-0.39, 0.29) is 11.2 Å². The molecule has 1 saturated heterocycles. The summed E-state index contributed by atoms with van der Waals surface area (Å²) in [5, 5.41) is 9.34. The summed E-state index contributed by atoms with van der Waals surface area (Å²) < 4.78 is 0. The van der Waals surface area contributed by atoms with Crippen molar-refractivity contribution in [3.05, 3.63) is 30.3 Å². The van der Waals surface area contributed by atoms with E-state index in [9.17, 15) is 14.7 Å². The number of carboxylic acid groups (broad SMARTS) is 1. The Kier molecular flexibility index (Phi) is 4.67. The fourth-order valence-corrected chi connectivity index (χ4v) is 3.53. The first-order valence-electron chi connectivity index (χ1n) is 6.49. The maximum absolute atomic E-state index is 12.0. The van der Waals surface area contributed by atoms with Crippen LogP contribution < -0.4 is 5.73 Å². The smallest absolute Gasteiger partial charge is 0.326 e. The van der Waals surface area contributed by atoms with Gasteiger partial charge in [0.1, 0.15) is 6.04 Å². The summed E-state index contributed by atoms with van der Waals surface area (Å²) >= 11 is 1.61. The number of aliphatic carboxylic acids is 1. The lowest BCUT2D eigenvalue weighted by Gasteiger charge is -2.23. The fraction of sp³-hybridized carbons (Fsp3) is 0.429. The highest BCUT2D eigenvalue weighted by atomic mass is 32.2. The van der Waals surface area contributed by atoms with Crippen molar-refractivity contribution in [1.82, 2.24) is 4.90 Å². The van der Waals surface area contributed by atoms with Gasteiger partial charge in [-0.15, -0.1) is 11.8 Å². The number of likely N-dealkylation sites (tertiary alicyclic amines) is 1. The largest absolute Gasteiger partial charge is 0.480 e. The van der Waals surface area contributed by atoms with Gasteiger partial charge in [-0.1, -0.05) is 18.2 Å². The van der Waals surface area contributed by atoms with Gasteiger partial charge in [0.25, 0.3) is 0 Å². The Labute approximate surface area is 122 Å². The molecule has 2 rings (SSSR count). The highest BCUT2D eigenvalue weighted by Crippen LogP contribution is 2.33. The van der Waals surface area contributed by atoms with Gasteiger partial charge in [-0.25, -0.2) is 4.79 Å². The molecule has 6 heteroatoms. The zero-order chi connectivity index (χ0) is 14.7. The molecule has 1 heterocycles. The third-order valence-electron chi connectivity index (χ3n) is 3.27. The number of carbonyl (C=O) groups is 2. The van der Waals surface area contributed by atoms with Crippen molar-refractivity contribution in [2.45, 2.75) is 35.6 Å². The highest BCUT2D eigenvalue weighted by Gasteiger charge is 2.40. The molecular weight excluding hydrogens is 276 g/mol. The minimum atomic E-state index is -0.963. The predicted molar refractivity (Wildman–Crippen MR) is 77.5 cm³/mol. The molecule has 0 aromatic heterocycles. The molecule has 3 N–H and O–H groups in total. The van der Waals surface area contributed by atoms with Crippen LogP contribution in [0.25, 0.3) is 0 Å². The minimum absolute atomic E-state index is 0.0844. The van der Waals surface area contributed by atoms with Crippen LogP contribution in [0.4, 0.5) is 0 Å². The van der Waals surface area contributed by atoms with Crippen LogP contribution >= 0.6 is 11.8 Å². The van der Waals surface area contributed by atoms with Gasteiger partial charge in [-0.2, -0.15) is 0 Å². The van der Waals surface area contributed by atoms with E-state index in [2.05, 4.69) is 0 Å². The number of nitrogens with zero attached hydrogens (tertiary/aromatic N) is 1. The number of hydrogen-bond acceptors (Lipinski definition) is 4. The summed E-state index contributed by atoms with van der Waals surface area (Å²) in [6, 6.07) is 8.35. The monoisotopic (exact) mass is 294 g/mol. The number of rotatable bonds is 4. The molecule has 0 radical (unpaired) electrons. The van der Waals surface area contributed by atoms with Crippen LogP contribution in [0.1, 0.15) is 13.3 Å². The van der Waals surface area contributed by atoms with E-state index in [1.807, 2.05) is 30.3 Å². The average Bonchev–Trinajstić information content (AvgIpc) is 2.83. The molecule has 108 valence electrons. The molecule has 1 amide bonds. The lowest BCUT2D eigenvalue weighted by molar-refractivity contribution is -0.148. The lowest BCUT2D eigenvalue weighted by atomic mass is 10.2. The molecule has 3 atom stereocenters. The van der Waals surface area contributed by atoms with Crippen molar-refractivity contribution >= 4 is 23.6 Å². The number of benzene rings is 1. The Morgan fingerprint density at radius 3 is 2.60 bits per heavy atom. The lowest BCUT2D eigenvalue weighted by Crippen LogP contribution is -2.47. The topological polar surface area (TPSA) is 83.6 Å². The van der Waals surface area contributed by atoms with Crippen molar-refractivity contribution in [2.75, 3.05) is 6.54 Å². The Morgan fingerprint density at radius 1 is 1.40 bits per heavy atom. The molecular formula is C14H18N2O3S. The molecule has 1 aliphatic heterocycles. The summed E-state index contributed by atoms with van der Waals surface area (Å²) in [4.78, 5) is 25.8. The molecule has 5 nitrogen and oxygen atoms in total. The third kappa shape index (κ3) is 3.32. The van der Waals surface area contributed by atoms with Crippen molar-refractivity contribution in [2.24, 2.45) is 5.73 Å². The minimum Gasteiger partial charge on any atom is -0.480 e. The number of nitrogens with two attached hydrogens (primary N) is 1. The van der Waals surface area contributed by atoms with E-state index in [0.29, 0.717) is 13.0 Å². The fourth-order valence-electron chi connectivity index (χ4n) is 2.31. The van der Waals surface area contributed by atoms with E-state index in [1.54, 1.807) is 18.7 Å². The summed E-state index contributed by atoms with van der Waals surface area (Å²) in [6.45, 7) is 2.01. The number of hydrogen-bond donors (Lipinski definition) is 2. The molecule has 0 aliphatic carbocycles. The Morgan fingerprint density at radius 2 is 2.05 bits per heavy atom. The van der Waals surface area contributed by atoms with Crippen LogP contribution in [0.15, 0.2) is 35.2 Å². The molecule has 20 heavy (non-hydrogen) atoms. The number of carbonyl (C=O) groups excluding carboxylic acids is 1. The van der Waals surface area contributed by atoms with Crippen LogP contribution in [0, 0.1) is 0 Å². The van der Waals surface area contributed by atoms with Crippen LogP contribution in [0.3, 0.4) is 0 Å². The standard InChI is InChI=1S/C14H18N2O3S/c1-9(15)13(17)16-8-11(7-12(16)14(18)19)20-10-5-3-2-4-6-10/h2-6,9,11-12H,7-8,15H2,1H3,(H,18,19)/t9-,11?,12-/m0/s1. The van der Waals surface area contributed by atoms with Crippen molar-refractivity contribution in [3.63, 3.8) is 0 Å². The van der Waals surface area contributed by atoms with Crippen LogP contribution in [0.5, 0.6) is 0 Å². The number of thioether (sulfide) groups is 1. The van der Waals surface area contributed by atoms with E-state index in [1.165, 1.54) is 4.90 Å². The van der Waals surface area contributed by atoms with E-state index < -0.39 is 18.1 Å². The van der Waals surface area contributed by atoms with Crippen LogP contribution in [-0.4, -0.2) is 45.8 Å². The number of carboxylic acids is 1. The van der Waals surface area contributed by atoms with Gasteiger partial charge in [0.05, 0.1) is 6.04 Å². The quantitative estimate of drug-likeness (QED) is 0.871. The predicted octanol–water partition coefficient (Wildman–Crippen LogP) is 1.18. The molecule has 1 aromatic carbocycles. The second-order valence-electron chi connectivity index (χ2n) is 4.92. The molecule has 1 unspecified atom stereocenters. The van der Waals surface area contributed by atoms with Gasteiger partial charge >= 0.3 is 5.97 Å². The Balaban J connectivity index is 2.08. The van der Waals surface area contributed by atoms with Crippen molar-refractivity contribution < 1.29 is 14.7 Å². The van der Waals surface area contributed by atoms with Gasteiger partial charge in [0, 0.05) is 16.7 Å². The van der Waals surface area contributed by atoms with Crippen molar-refractivity contribution in [3.8, 4) is 0 Å². The zero-order valence-corrected chi connectivity index (χ0v) is 12.0. The van der Waals surface area contributed by atoms with E-state index >= 15 is 0 Å². The van der Waals surface area contributed by atoms with Crippen LogP contribution in [-0.2, 0) is 9.59 Å².